The summed E-state index contributed by atoms with van der Waals surface area (Å²) in [4.78, 5) is 26.0. The van der Waals surface area contributed by atoms with Crippen LogP contribution in [0, 0.1) is 5.82 Å². The molecule has 31 heavy (non-hydrogen) atoms. The second kappa shape index (κ2) is 7.96. The minimum absolute atomic E-state index is 0.280. The van der Waals surface area contributed by atoms with E-state index in [1.807, 2.05) is 6.20 Å². The lowest BCUT2D eigenvalue weighted by molar-refractivity contribution is 0.172. The molecule has 7 nitrogen and oxygen atoms in total. The van der Waals surface area contributed by atoms with Gasteiger partial charge in [-0.3, -0.25) is 15.2 Å². The van der Waals surface area contributed by atoms with Crippen molar-refractivity contribution in [3.63, 3.8) is 0 Å². The standard InChI is InChI=1S/C23H23FN6O/c24-18-4-2-16(3-5-18)20-7-6-19(25)22(27-20)28-23(31)30-13-17-10-15(11-26-21(17)14-30)12-29-8-1-9-29/h2-7,10-11H,1,8-9,12-14,25H2,(H,27,28,31). The van der Waals surface area contributed by atoms with Gasteiger partial charge in [0.1, 0.15) is 5.82 Å². The summed E-state index contributed by atoms with van der Waals surface area (Å²) < 4.78 is 13.2. The molecule has 0 radical (unpaired) electrons. The van der Waals surface area contributed by atoms with Gasteiger partial charge in [0.05, 0.1) is 23.6 Å². The van der Waals surface area contributed by atoms with Gasteiger partial charge in [0.15, 0.2) is 5.82 Å². The van der Waals surface area contributed by atoms with E-state index < -0.39 is 0 Å². The van der Waals surface area contributed by atoms with Gasteiger partial charge < -0.3 is 10.6 Å². The molecular formula is C23H23FN6O. The molecule has 2 amide bonds. The highest BCUT2D eigenvalue weighted by atomic mass is 19.1. The second-order valence-electron chi connectivity index (χ2n) is 8.01. The van der Waals surface area contributed by atoms with Crippen molar-refractivity contribution in [3.05, 3.63) is 71.3 Å². The maximum Gasteiger partial charge on any atom is 0.323 e. The van der Waals surface area contributed by atoms with Gasteiger partial charge in [0.2, 0.25) is 0 Å². The molecule has 0 bridgehead atoms. The molecule has 0 aliphatic carbocycles. The van der Waals surface area contributed by atoms with Gasteiger partial charge in [-0.1, -0.05) is 0 Å². The van der Waals surface area contributed by atoms with Crippen molar-refractivity contribution in [1.29, 1.82) is 0 Å². The number of pyridine rings is 2. The van der Waals surface area contributed by atoms with E-state index in [0.29, 0.717) is 24.5 Å². The van der Waals surface area contributed by atoms with Crippen LogP contribution in [0.5, 0.6) is 0 Å². The number of nitrogens with zero attached hydrogens (tertiary/aromatic N) is 4. The van der Waals surface area contributed by atoms with Crippen LogP contribution in [-0.2, 0) is 19.6 Å². The first-order valence-electron chi connectivity index (χ1n) is 10.3. The SMILES string of the molecule is Nc1ccc(-c2ccc(F)cc2)nc1NC(=O)N1Cc2cc(CN3CCC3)cnc2C1. The quantitative estimate of drug-likeness (QED) is 0.676. The number of nitrogen functional groups attached to an aromatic ring is 1. The van der Waals surface area contributed by atoms with Gasteiger partial charge in [-0.05, 0) is 73.1 Å². The lowest BCUT2D eigenvalue weighted by Gasteiger charge is -2.30. The van der Waals surface area contributed by atoms with Gasteiger partial charge in [0.25, 0.3) is 0 Å². The second-order valence-corrected chi connectivity index (χ2v) is 8.01. The molecule has 5 rings (SSSR count). The monoisotopic (exact) mass is 418 g/mol. The van der Waals surface area contributed by atoms with Crippen molar-refractivity contribution in [2.75, 3.05) is 24.1 Å². The topological polar surface area (TPSA) is 87.4 Å². The number of likely N-dealkylation sites (tertiary alicyclic amines) is 1. The number of carbonyl (C=O) groups is 1. The molecule has 1 saturated heterocycles. The Bertz CT molecular complexity index is 1130. The van der Waals surface area contributed by atoms with Gasteiger partial charge in [-0.25, -0.2) is 14.2 Å². The maximum absolute atomic E-state index is 13.2. The van der Waals surface area contributed by atoms with E-state index in [0.717, 1.165) is 36.5 Å². The zero-order valence-electron chi connectivity index (χ0n) is 17.0. The van der Waals surface area contributed by atoms with Crippen molar-refractivity contribution < 1.29 is 9.18 Å². The summed E-state index contributed by atoms with van der Waals surface area (Å²) in [7, 11) is 0. The third-order valence-corrected chi connectivity index (χ3v) is 5.75. The fourth-order valence-electron chi connectivity index (χ4n) is 3.87. The number of nitrogens with two attached hydrogens (primary N) is 1. The normalized spacial score (nSPS) is 15.5. The minimum Gasteiger partial charge on any atom is -0.396 e. The first-order valence-corrected chi connectivity index (χ1v) is 10.3. The number of rotatable bonds is 4. The number of nitrogens with one attached hydrogen (secondary N) is 1. The Morgan fingerprint density at radius 1 is 1.13 bits per heavy atom. The summed E-state index contributed by atoms with van der Waals surface area (Å²) in [6.07, 6.45) is 3.16. The number of hydrogen-bond donors (Lipinski definition) is 2. The molecule has 2 aliphatic heterocycles. The number of urea groups is 1. The molecule has 0 unspecified atom stereocenters. The fourth-order valence-corrected chi connectivity index (χ4v) is 3.87. The Kier molecular flexibility index (Phi) is 4.99. The zero-order chi connectivity index (χ0) is 21.4. The molecule has 4 heterocycles. The molecule has 158 valence electrons. The highest BCUT2D eigenvalue weighted by Crippen LogP contribution is 2.26. The highest BCUT2D eigenvalue weighted by Gasteiger charge is 2.26. The molecular weight excluding hydrogens is 395 g/mol. The summed E-state index contributed by atoms with van der Waals surface area (Å²) >= 11 is 0. The predicted molar refractivity (Wildman–Crippen MR) is 116 cm³/mol. The van der Waals surface area contributed by atoms with Crippen LogP contribution >= 0.6 is 0 Å². The van der Waals surface area contributed by atoms with E-state index in [9.17, 15) is 9.18 Å². The van der Waals surface area contributed by atoms with Crippen LogP contribution in [0.1, 0.15) is 23.2 Å². The summed E-state index contributed by atoms with van der Waals surface area (Å²) in [5.74, 6) is -0.0304. The van der Waals surface area contributed by atoms with E-state index in [-0.39, 0.29) is 17.7 Å². The Labute approximate surface area is 179 Å². The van der Waals surface area contributed by atoms with Crippen LogP contribution < -0.4 is 11.1 Å². The van der Waals surface area contributed by atoms with Gasteiger partial charge in [-0.2, -0.15) is 0 Å². The molecule has 1 aromatic carbocycles. The Hall–Kier alpha value is -3.52. The largest absolute Gasteiger partial charge is 0.396 e. The fraction of sp³-hybridized carbons (Fsp3) is 0.261. The first-order chi connectivity index (χ1) is 15.0. The van der Waals surface area contributed by atoms with Crippen LogP contribution in [0.2, 0.25) is 0 Å². The number of anilines is 2. The van der Waals surface area contributed by atoms with E-state index >= 15 is 0 Å². The van der Waals surface area contributed by atoms with Gasteiger partial charge >= 0.3 is 6.03 Å². The van der Waals surface area contributed by atoms with Crippen molar-refractivity contribution >= 4 is 17.5 Å². The number of amides is 2. The summed E-state index contributed by atoms with van der Waals surface area (Å²) in [6, 6.07) is 11.3. The van der Waals surface area contributed by atoms with Crippen LogP contribution in [0.3, 0.4) is 0 Å². The Balaban J connectivity index is 1.28. The average molecular weight is 418 g/mol. The molecule has 0 saturated carbocycles. The number of fused-ring (bicyclic) bond motifs is 1. The Morgan fingerprint density at radius 2 is 1.94 bits per heavy atom. The van der Waals surface area contributed by atoms with Crippen molar-refractivity contribution in [2.45, 2.75) is 26.1 Å². The third-order valence-electron chi connectivity index (χ3n) is 5.75. The van der Waals surface area contributed by atoms with Crippen LogP contribution in [0.4, 0.5) is 20.7 Å². The molecule has 1 fully saturated rings. The third kappa shape index (κ3) is 4.06. The first kappa shape index (κ1) is 19.4. The molecule has 0 atom stereocenters. The number of halogens is 1. The van der Waals surface area contributed by atoms with Crippen LogP contribution in [0.25, 0.3) is 11.3 Å². The average Bonchev–Trinajstić information content (AvgIpc) is 3.16. The molecule has 3 aromatic rings. The molecule has 3 N–H and O–H groups in total. The smallest absolute Gasteiger partial charge is 0.323 e. The van der Waals surface area contributed by atoms with E-state index in [1.165, 1.54) is 24.1 Å². The maximum atomic E-state index is 13.2. The van der Waals surface area contributed by atoms with Crippen molar-refractivity contribution in [1.82, 2.24) is 19.8 Å². The highest BCUT2D eigenvalue weighted by molar-refractivity contribution is 5.92. The van der Waals surface area contributed by atoms with Crippen LogP contribution in [0.15, 0.2) is 48.7 Å². The summed E-state index contributed by atoms with van der Waals surface area (Å²) in [5, 5.41) is 2.81. The van der Waals surface area contributed by atoms with Gasteiger partial charge in [0, 0.05) is 24.8 Å². The van der Waals surface area contributed by atoms with Crippen LogP contribution in [-0.4, -0.2) is 38.9 Å². The lowest BCUT2D eigenvalue weighted by atomic mass is 10.1. The molecule has 8 heteroatoms. The van der Waals surface area contributed by atoms with Crippen molar-refractivity contribution in [3.8, 4) is 11.3 Å². The summed E-state index contributed by atoms with van der Waals surface area (Å²) in [6.45, 7) is 4.12. The summed E-state index contributed by atoms with van der Waals surface area (Å²) in [5.41, 5.74) is 10.9. The van der Waals surface area contributed by atoms with E-state index in [1.54, 1.807) is 29.2 Å². The lowest BCUT2D eigenvalue weighted by Crippen LogP contribution is -2.36. The van der Waals surface area contributed by atoms with E-state index in [4.69, 9.17) is 5.73 Å². The molecule has 0 spiro atoms. The Morgan fingerprint density at radius 3 is 2.68 bits per heavy atom. The van der Waals surface area contributed by atoms with E-state index in [2.05, 4.69) is 26.3 Å². The molecule has 2 aliphatic rings. The number of hydrogen-bond acceptors (Lipinski definition) is 5. The number of aromatic nitrogens is 2. The zero-order valence-corrected chi connectivity index (χ0v) is 17.0. The van der Waals surface area contributed by atoms with Gasteiger partial charge in [-0.15, -0.1) is 0 Å². The van der Waals surface area contributed by atoms with Crippen molar-refractivity contribution in [2.24, 2.45) is 0 Å². The minimum atomic E-state index is -0.317. The number of benzene rings is 1. The predicted octanol–water partition coefficient (Wildman–Crippen LogP) is 3.62. The molecule has 2 aromatic heterocycles. The number of carbonyl (C=O) groups excluding carboxylic acids is 1.